The number of amides is 1. The van der Waals surface area contributed by atoms with Gasteiger partial charge in [-0.1, -0.05) is 0 Å². The molecule has 0 radical (unpaired) electrons. The number of hydrogen-bond acceptors (Lipinski definition) is 4. The van der Waals surface area contributed by atoms with Gasteiger partial charge in [0.2, 0.25) is 5.91 Å². The van der Waals surface area contributed by atoms with E-state index >= 15 is 0 Å². The Kier molecular flexibility index (Phi) is 6.08. The molecule has 5 nitrogen and oxygen atoms in total. The predicted octanol–water partition coefficient (Wildman–Crippen LogP) is 0.316. The van der Waals surface area contributed by atoms with Gasteiger partial charge in [0.15, 0.2) is 0 Å². The Labute approximate surface area is 110 Å². The van der Waals surface area contributed by atoms with Crippen molar-refractivity contribution < 1.29 is 13.2 Å². The molecule has 18 heavy (non-hydrogen) atoms. The molecule has 1 saturated heterocycles. The number of nitrogens with one attached hydrogen (secondary N) is 2. The third-order valence-electron chi connectivity index (χ3n) is 3.14. The Bertz CT molecular complexity index is 362. The van der Waals surface area contributed by atoms with Crippen molar-refractivity contribution >= 4 is 15.7 Å². The van der Waals surface area contributed by atoms with Crippen LogP contribution in [0.25, 0.3) is 0 Å². The lowest BCUT2D eigenvalue weighted by Gasteiger charge is -2.22. The number of sulfone groups is 1. The maximum absolute atomic E-state index is 11.7. The van der Waals surface area contributed by atoms with Crippen molar-refractivity contribution in [2.75, 3.05) is 25.1 Å². The van der Waals surface area contributed by atoms with Gasteiger partial charge >= 0.3 is 0 Å². The number of carbonyl (C=O) groups excluding carboxylic acids is 1. The lowest BCUT2D eigenvalue weighted by atomic mass is 9.94. The third-order valence-corrected chi connectivity index (χ3v) is 4.24. The summed E-state index contributed by atoms with van der Waals surface area (Å²) in [7, 11) is -3.03. The van der Waals surface area contributed by atoms with Gasteiger partial charge in [-0.15, -0.1) is 0 Å². The molecule has 0 aromatic rings. The van der Waals surface area contributed by atoms with E-state index in [1.165, 1.54) is 19.1 Å². The average molecular weight is 276 g/mol. The molecule has 0 aliphatic carbocycles. The van der Waals surface area contributed by atoms with Gasteiger partial charge in [0.05, 0.1) is 5.75 Å². The van der Waals surface area contributed by atoms with Gasteiger partial charge in [0.1, 0.15) is 9.84 Å². The van der Waals surface area contributed by atoms with Crippen LogP contribution in [0.4, 0.5) is 0 Å². The lowest BCUT2D eigenvalue weighted by Crippen LogP contribution is -2.38. The summed E-state index contributed by atoms with van der Waals surface area (Å²) in [6, 6.07) is -0.308. The first-order chi connectivity index (χ1) is 8.37. The highest BCUT2D eigenvalue weighted by atomic mass is 32.2. The maximum atomic E-state index is 11.7. The van der Waals surface area contributed by atoms with Crippen molar-refractivity contribution in [2.45, 2.75) is 38.6 Å². The van der Waals surface area contributed by atoms with E-state index in [0.29, 0.717) is 12.3 Å². The fourth-order valence-corrected chi connectivity index (χ4v) is 3.34. The van der Waals surface area contributed by atoms with Gasteiger partial charge in [0, 0.05) is 18.7 Å². The first-order valence-electron chi connectivity index (χ1n) is 6.54. The molecule has 6 heteroatoms. The second-order valence-corrected chi connectivity index (χ2v) is 7.50. The van der Waals surface area contributed by atoms with E-state index in [4.69, 9.17) is 0 Å². The van der Waals surface area contributed by atoms with E-state index in [2.05, 4.69) is 10.6 Å². The van der Waals surface area contributed by atoms with E-state index in [-0.39, 0.29) is 17.7 Å². The Morgan fingerprint density at radius 2 is 2.22 bits per heavy atom. The van der Waals surface area contributed by atoms with Crippen LogP contribution in [0.3, 0.4) is 0 Å². The van der Waals surface area contributed by atoms with Crippen LogP contribution in [-0.2, 0) is 14.6 Å². The van der Waals surface area contributed by atoms with Gasteiger partial charge < -0.3 is 10.6 Å². The molecule has 0 aromatic heterocycles. The van der Waals surface area contributed by atoms with Crippen LogP contribution in [0.2, 0.25) is 0 Å². The normalized spacial score (nSPS) is 22.4. The molecule has 1 aliphatic rings. The summed E-state index contributed by atoms with van der Waals surface area (Å²) in [6.45, 7) is 3.79. The zero-order valence-electron chi connectivity index (χ0n) is 11.2. The van der Waals surface area contributed by atoms with Crippen molar-refractivity contribution in [3.8, 4) is 0 Å². The molecule has 2 atom stereocenters. The summed E-state index contributed by atoms with van der Waals surface area (Å²) < 4.78 is 22.1. The van der Waals surface area contributed by atoms with E-state index in [1.54, 1.807) is 6.92 Å². The zero-order valence-corrected chi connectivity index (χ0v) is 12.1. The Morgan fingerprint density at radius 3 is 2.78 bits per heavy atom. The summed E-state index contributed by atoms with van der Waals surface area (Å²) in [5, 5.41) is 6.06. The Hall–Kier alpha value is -0.620. The molecule has 2 unspecified atom stereocenters. The SMILES string of the molecule is CC(CS(C)(=O)=O)NC(=O)CCC1CCCNC1. The van der Waals surface area contributed by atoms with Gasteiger partial charge in [-0.25, -0.2) is 8.42 Å². The van der Waals surface area contributed by atoms with Crippen LogP contribution in [0.15, 0.2) is 0 Å². The van der Waals surface area contributed by atoms with Crippen molar-refractivity contribution in [3.05, 3.63) is 0 Å². The molecule has 106 valence electrons. The fraction of sp³-hybridized carbons (Fsp3) is 0.917. The standard InChI is InChI=1S/C12H24N2O3S/c1-10(9-18(2,16)17)14-12(15)6-5-11-4-3-7-13-8-11/h10-11,13H,3-9H2,1-2H3,(H,14,15). The maximum Gasteiger partial charge on any atom is 0.220 e. The number of piperidine rings is 1. The number of carbonyl (C=O) groups is 1. The highest BCUT2D eigenvalue weighted by Crippen LogP contribution is 2.15. The smallest absolute Gasteiger partial charge is 0.220 e. The molecule has 1 fully saturated rings. The first-order valence-corrected chi connectivity index (χ1v) is 8.60. The van der Waals surface area contributed by atoms with E-state index < -0.39 is 9.84 Å². The second kappa shape index (κ2) is 7.09. The molecule has 0 saturated carbocycles. The highest BCUT2D eigenvalue weighted by Gasteiger charge is 2.16. The zero-order chi connectivity index (χ0) is 13.6. The van der Waals surface area contributed by atoms with Gasteiger partial charge in [-0.3, -0.25) is 4.79 Å². The summed E-state index contributed by atoms with van der Waals surface area (Å²) in [5.41, 5.74) is 0. The van der Waals surface area contributed by atoms with Crippen LogP contribution in [0.5, 0.6) is 0 Å². The molecule has 0 spiro atoms. The summed E-state index contributed by atoms with van der Waals surface area (Å²) in [6.07, 6.45) is 4.91. The van der Waals surface area contributed by atoms with E-state index in [9.17, 15) is 13.2 Å². The van der Waals surface area contributed by atoms with Gasteiger partial charge in [-0.2, -0.15) is 0 Å². The minimum Gasteiger partial charge on any atom is -0.353 e. The van der Waals surface area contributed by atoms with Crippen LogP contribution in [-0.4, -0.2) is 45.5 Å². The van der Waals surface area contributed by atoms with E-state index in [1.807, 2.05) is 0 Å². The van der Waals surface area contributed by atoms with Crippen LogP contribution < -0.4 is 10.6 Å². The summed E-state index contributed by atoms with van der Waals surface area (Å²) in [4.78, 5) is 11.7. The lowest BCUT2D eigenvalue weighted by molar-refractivity contribution is -0.121. The number of hydrogen-bond donors (Lipinski definition) is 2. The molecular formula is C12H24N2O3S. The van der Waals surface area contributed by atoms with Crippen LogP contribution in [0.1, 0.15) is 32.6 Å². The molecule has 0 aromatic carbocycles. The fourth-order valence-electron chi connectivity index (χ4n) is 2.35. The average Bonchev–Trinajstić information content (AvgIpc) is 2.25. The topological polar surface area (TPSA) is 75.3 Å². The Morgan fingerprint density at radius 1 is 1.50 bits per heavy atom. The largest absolute Gasteiger partial charge is 0.353 e. The van der Waals surface area contributed by atoms with Crippen molar-refractivity contribution in [2.24, 2.45) is 5.92 Å². The van der Waals surface area contributed by atoms with Gasteiger partial charge in [0.25, 0.3) is 0 Å². The Balaban J connectivity index is 2.20. The third kappa shape index (κ3) is 6.96. The molecule has 1 rings (SSSR count). The summed E-state index contributed by atoms with van der Waals surface area (Å²) in [5.74, 6) is 0.537. The quantitative estimate of drug-likeness (QED) is 0.732. The predicted molar refractivity (Wildman–Crippen MR) is 72.1 cm³/mol. The molecule has 1 heterocycles. The van der Waals surface area contributed by atoms with E-state index in [0.717, 1.165) is 19.5 Å². The number of rotatable bonds is 6. The van der Waals surface area contributed by atoms with Crippen LogP contribution in [0, 0.1) is 5.92 Å². The monoisotopic (exact) mass is 276 g/mol. The highest BCUT2D eigenvalue weighted by molar-refractivity contribution is 7.90. The van der Waals surface area contributed by atoms with Crippen molar-refractivity contribution in [1.29, 1.82) is 0 Å². The molecule has 1 amide bonds. The molecule has 2 N–H and O–H groups in total. The first kappa shape index (κ1) is 15.4. The molecule has 0 bridgehead atoms. The van der Waals surface area contributed by atoms with Crippen molar-refractivity contribution in [3.63, 3.8) is 0 Å². The second-order valence-electron chi connectivity index (χ2n) is 5.31. The molecular weight excluding hydrogens is 252 g/mol. The van der Waals surface area contributed by atoms with Crippen molar-refractivity contribution in [1.82, 2.24) is 10.6 Å². The minimum atomic E-state index is -3.03. The van der Waals surface area contributed by atoms with Gasteiger partial charge in [-0.05, 0) is 45.2 Å². The van der Waals surface area contributed by atoms with Crippen LogP contribution >= 0.6 is 0 Å². The summed E-state index contributed by atoms with van der Waals surface area (Å²) >= 11 is 0. The molecule has 1 aliphatic heterocycles. The minimum absolute atomic E-state index is 0.00369.